The summed E-state index contributed by atoms with van der Waals surface area (Å²) in [5, 5.41) is 4.25. The molecular weight excluding hydrogens is 262 g/mol. The predicted octanol–water partition coefficient (Wildman–Crippen LogP) is 4.87. The third kappa shape index (κ3) is 3.35. The van der Waals surface area contributed by atoms with E-state index in [1.165, 1.54) is 20.9 Å². The molecule has 2 aromatic rings. The van der Waals surface area contributed by atoms with Crippen molar-refractivity contribution in [2.24, 2.45) is 0 Å². The lowest BCUT2D eigenvalue weighted by molar-refractivity contribution is 0.589. The first-order valence-corrected chi connectivity index (χ1v) is 7.34. The van der Waals surface area contributed by atoms with Gasteiger partial charge < -0.3 is 5.32 Å². The van der Waals surface area contributed by atoms with Crippen LogP contribution in [0.4, 0.5) is 0 Å². The van der Waals surface area contributed by atoms with Crippen molar-refractivity contribution in [3.8, 4) is 10.4 Å². The van der Waals surface area contributed by atoms with Gasteiger partial charge in [-0.3, -0.25) is 0 Å². The molecule has 0 aliphatic heterocycles. The lowest BCUT2D eigenvalue weighted by atomic mass is 10.1. The van der Waals surface area contributed by atoms with Crippen LogP contribution in [0.5, 0.6) is 0 Å². The smallest absolute Gasteiger partial charge is 0.0409 e. The van der Waals surface area contributed by atoms with Crippen LogP contribution in [0.2, 0.25) is 5.02 Å². The minimum absolute atomic E-state index is 0.474. The molecule has 0 radical (unpaired) electrons. The molecular formula is C15H18ClNS. The SMILES string of the molecule is Cc1ccc(-c2ccc(Cl)cc2CNC(C)C)s1. The molecule has 0 saturated heterocycles. The lowest BCUT2D eigenvalue weighted by Gasteiger charge is -2.12. The number of thiophene rings is 1. The van der Waals surface area contributed by atoms with Crippen LogP contribution in [0.1, 0.15) is 24.3 Å². The maximum Gasteiger partial charge on any atom is 0.0409 e. The third-order valence-corrected chi connectivity index (χ3v) is 4.04. The number of halogens is 1. The molecule has 0 amide bonds. The van der Waals surface area contributed by atoms with E-state index in [1.54, 1.807) is 0 Å². The van der Waals surface area contributed by atoms with Crippen molar-refractivity contribution in [2.75, 3.05) is 0 Å². The van der Waals surface area contributed by atoms with Crippen LogP contribution < -0.4 is 5.32 Å². The molecule has 1 aromatic carbocycles. The zero-order valence-electron chi connectivity index (χ0n) is 11.0. The monoisotopic (exact) mass is 279 g/mol. The van der Waals surface area contributed by atoms with E-state index in [4.69, 9.17) is 11.6 Å². The quantitative estimate of drug-likeness (QED) is 0.841. The summed E-state index contributed by atoms with van der Waals surface area (Å²) in [6, 6.07) is 11.0. The summed E-state index contributed by atoms with van der Waals surface area (Å²) in [5.41, 5.74) is 2.55. The highest BCUT2D eigenvalue weighted by molar-refractivity contribution is 7.15. The van der Waals surface area contributed by atoms with Gasteiger partial charge in [0, 0.05) is 27.4 Å². The zero-order chi connectivity index (χ0) is 13.1. The molecule has 1 N–H and O–H groups in total. The highest BCUT2D eigenvalue weighted by Crippen LogP contribution is 2.32. The Morgan fingerprint density at radius 2 is 2.00 bits per heavy atom. The summed E-state index contributed by atoms with van der Waals surface area (Å²) >= 11 is 7.92. The van der Waals surface area contributed by atoms with Gasteiger partial charge in [-0.25, -0.2) is 0 Å². The van der Waals surface area contributed by atoms with Crippen molar-refractivity contribution >= 4 is 22.9 Å². The highest BCUT2D eigenvalue weighted by atomic mass is 35.5. The van der Waals surface area contributed by atoms with Crippen LogP contribution in [0.15, 0.2) is 30.3 Å². The summed E-state index contributed by atoms with van der Waals surface area (Å²) in [7, 11) is 0. The second-order valence-electron chi connectivity index (χ2n) is 4.75. The molecule has 0 saturated carbocycles. The molecule has 1 nitrogen and oxygen atoms in total. The number of hydrogen-bond donors (Lipinski definition) is 1. The van der Waals surface area contributed by atoms with Gasteiger partial charge in [0.05, 0.1) is 0 Å². The Kier molecular flexibility index (Phi) is 4.44. The standard InChI is InChI=1S/C15H18ClNS/c1-10(2)17-9-12-8-13(16)5-6-14(12)15-7-4-11(3)18-15/h4-8,10,17H,9H2,1-3H3. The van der Waals surface area contributed by atoms with Crippen molar-refractivity contribution < 1.29 is 0 Å². The number of aryl methyl sites for hydroxylation is 1. The van der Waals surface area contributed by atoms with Gasteiger partial charge in [-0.1, -0.05) is 31.5 Å². The van der Waals surface area contributed by atoms with E-state index in [0.717, 1.165) is 11.6 Å². The van der Waals surface area contributed by atoms with Crippen LogP contribution >= 0.6 is 22.9 Å². The molecule has 1 aromatic heterocycles. The Morgan fingerprint density at radius 1 is 1.22 bits per heavy atom. The third-order valence-electron chi connectivity index (χ3n) is 2.77. The van der Waals surface area contributed by atoms with Crippen LogP contribution in [-0.2, 0) is 6.54 Å². The first kappa shape index (κ1) is 13.6. The molecule has 0 aliphatic rings. The number of rotatable bonds is 4. The van der Waals surface area contributed by atoms with Gasteiger partial charge in [0.25, 0.3) is 0 Å². The zero-order valence-corrected chi connectivity index (χ0v) is 12.5. The molecule has 18 heavy (non-hydrogen) atoms. The van der Waals surface area contributed by atoms with E-state index in [9.17, 15) is 0 Å². The highest BCUT2D eigenvalue weighted by Gasteiger charge is 2.08. The van der Waals surface area contributed by atoms with E-state index in [0.29, 0.717) is 6.04 Å². The van der Waals surface area contributed by atoms with Crippen molar-refractivity contribution in [1.29, 1.82) is 0 Å². The van der Waals surface area contributed by atoms with Crippen LogP contribution in [0.25, 0.3) is 10.4 Å². The minimum atomic E-state index is 0.474. The van der Waals surface area contributed by atoms with Crippen molar-refractivity contribution in [2.45, 2.75) is 33.4 Å². The molecule has 0 unspecified atom stereocenters. The number of nitrogens with one attached hydrogen (secondary N) is 1. The largest absolute Gasteiger partial charge is 0.310 e. The average molecular weight is 280 g/mol. The fraction of sp³-hybridized carbons (Fsp3) is 0.333. The molecule has 96 valence electrons. The Labute approximate surface area is 118 Å². The van der Waals surface area contributed by atoms with Gasteiger partial charge in [-0.2, -0.15) is 0 Å². The van der Waals surface area contributed by atoms with Crippen molar-refractivity contribution in [3.63, 3.8) is 0 Å². The van der Waals surface area contributed by atoms with E-state index in [2.05, 4.69) is 50.4 Å². The second kappa shape index (κ2) is 5.87. The molecule has 0 bridgehead atoms. The van der Waals surface area contributed by atoms with Gasteiger partial charge in [-0.15, -0.1) is 11.3 Å². The van der Waals surface area contributed by atoms with Crippen LogP contribution in [-0.4, -0.2) is 6.04 Å². The van der Waals surface area contributed by atoms with Crippen molar-refractivity contribution in [3.05, 3.63) is 45.8 Å². The fourth-order valence-electron chi connectivity index (χ4n) is 1.84. The molecule has 1 heterocycles. The molecule has 0 aliphatic carbocycles. The lowest BCUT2D eigenvalue weighted by Crippen LogP contribution is -2.22. The number of benzene rings is 1. The van der Waals surface area contributed by atoms with Gasteiger partial charge in [0.1, 0.15) is 0 Å². The molecule has 0 spiro atoms. The molecule has 0 atom stereocenters. The molecule has 0 fully saturated rings. The molecule has 3 heteroatoms. The summed E-state index contributed by atoms with van der Waals surface area (Å²) in [4.78, 5) is 2.65. The van der Waals surface area contributed by atoms with E-state index >= 15 is 0 Å². The summed E-state index contributed by atoms with van der Waals surface area (Å²) in [6.45, 7) is 7.29. The maximum atomic E-state index is 6.10. The summed E-state index contributed by atoms with van der Waals surface area (Å²) < 4.78 is 0. The molecule has 2 rings (SSSR count). The van der Waals surface area contributed by atoms with Gasteiger partial charge in [0.15, 0.2) is 0 Å². The average Bonchev–Trinajstić information content (AvgIpc) is 2.73. The van der Waals surface area contributed by atoms with E-state index in [-0.39, 0.29) is 0 Å². The predicted molar refractivity (Wildman–Crippen MR) is 81.5 cm³/mol. The van der Waals surface area contributed by atoms with Crippen LogP contribution in [0, 0.1) is 6.92 Å². The fourth-order valence-corrected chi connectivity index (χ4v) is 2.97. The first-order valence-electron chi connectivity index (χ1n) is 6.15. The Balaban J connectivity index is 2.34. The Morgan fingerprint density at radius 3 is 2.61 bits per heavy atom. The number of hydrogen-bond acceptors (Lipinski definition) is 2. The second-order valence-corrected chi connectivity index (χ2v) is 6.47. The van der Waals surface area contributed by atoms with Gasteiger partial charge in [0.2, 0.25) is 0 Å². The van der Waals surface area contributed by atoms with Crippen molar-refractivity contribution in [1.82, 2.24) is 5.32 Å². The summed E-state index contributed by atoms with van der Waals surface area (Å²) in [5.74, 6) is 0. The van der Waals surface area contributed by atoms with Gasteiger partial charge in [-0.05, 0) is 42.3 Å². The maximum absolute atomic E-state index is 6.10. The Bertz CT molecular complexity index is 531. The first-order chi connectivity index (χ1) is 8.56. The van der Waals surface area contributed by atoms with Gasteiger partial charge >= 0.3 is 0 Å². The van der Waals surface area contributed by atoms with E-state index in [1.807, 2.05) is 17.4 Å². The normalized spacial score (nSPS) is 11.2. The minimum Gasteiger partial charge on any atom is -0.310 e. The van der Waals surface area contributed by atoms with Crippen LogP contribution in [0.3, 0.4) is 0 Å². The van der Waals surface area contributed by atoms with E-state index < -0.39 is 0 Å². The Hall–Kier alpha value is -0.830. The summed E-state index contributed by atoms with van der Waals surface area (Å²) in [6.07, 6.45) is 0. The topological polar surface area (TPSA) is 12.0 Å².